The minimum Gasteiger partial charge on any atom is -0.296 e. The van der Waals surface area contributed by atoms with Crippen molar-refractivity contribution in [3.63, 3.8) is 0 Å². The van der Waals surface area contributed by atoms with Crippen molar-refractivity contribution in [3.05, 3.63) is 0 Å². The molecule has 0 atom stereocenters. The van der Waals surface area contributed by atoms with Crippen LogP contribution in [-0.2, 0) is 4.80 Å². The molecule has 247 valence electrons. The van der Waals surface area contributed by atoms with Gasteiger partial charge in [-0.3, -0.25) is 4.80 Å². The van der Waals surface area contributed by atoms with Crippen LogP contribution in [0.25, 0.3) is 0 Å². The van der Waals surface area contributed by atoms with Crippen LogP contribution in [0.3, 0.4) is 0 Å². The quantitative estimate of drug-likeness (QED) is 0.0583. The third kappa shape index (κ3) is 16.2. The second kappa shape index (κ2) is 23.5. The highest BCUT2D eigenvalue weighted by Gasteiger charge is 2.65. The molecule has 0 amide bonds. The molecule has 0 aromatic rings. The van der Waals surface area contributed by atoms with Gasteiger partial charge in [-0.15, -0.1) is 0 Å². The van der Waals surface area contributed by atoms with Crippen molar-refractivity contribution in [1.29, 1.82) is 0 Å². The molecule has 0 unspecified atom stereocenters. The number of hydrogen-bond acceptors (Lipinski definition) is 0. The predicted molar refractivity (Wildman–Crippen MR) is 190 cm³/mol. The zero-order valence-corrected chi connectivity index (χ0v) is 31.5. The Morgan fingerprint density at radius 1 is 0.317 bits per heavy atom. The third-order valence-electron chi connectivity index (χ3n) is 10.8. The molecule has 0 bridgehead atoms. The van der Waals surface area contributed by atoms with E-state index in [1.54, 1.807) is 0 Å². The SMILES string of the molecule is CCCCCCCCCCC(C)(C)[Si]([O])(C(C)(C)CCCCCCCCCC)C(C)(C)CCCCCCCCCC. The Labute approximate surface area is 263 Å². The Bertz CT molecular complexity index is 499. The molecule has 0 aliphatic heterocycles. The predicted octanol–water partition coefficient (Wildman–Crippen LogP) is 15.3. The van der Waals surface area contributed by atoms with E-state index in [-0.39, 0.29) is 15.1 Å². The van der Waals surface area contributed by atoms with Crippen LogP contribution < -0.4 is 0 Å². The van der Waals surface area contributed by atoms with Crippen LogP contribution in [0.4, 0.5) is 0 Å². The molecule has 0 rings (SSSR count). The zero-order chi connectivity index (χ0) is 31.1. The fourth-order valence-electron chi connectivity index (χ4n) is 8.38. The zero-order valence-electron chi connectivity index (χ0n) is 30.5. The van der Waals surface area contributed by atoms with Gasteiger partial charge in [0, 0.05) is 0 Å². The van der Waals surface area contributed by atoms with Crippen molar-refractivity contribution >= 4 is 8.32 Å². The summed E-state index contributed by atoms with van der Waals surface area (Å²) >= 11 is 0. The maximum absolute atomic E-state index is 15.8. The smallest absolute Gasteiger partial charge is 0.254 e. The van der Waals surface area contributed by atoms with E-state index < -0.39 is 8.32 Å². The van der Waals surface area contributed by atoms with Crippen LogP contribution in [0, 0.1) is 0 Å². The molecular formula is C39H81OSi. The topological polar surface area (TPSA) is 19.9 Å². The van der Waals surface area contributed by atoms with Crippen molar-refractivity contribution in [3.8, 4) is 0 Å². The lowest BCUT2D eigenvalue weighted by molar-refractivity contribution is 0.254. The average Bonchev–Trinajstić information content (AvgIpc) is 2.92. The molecule has 0 aromatic carbocycles. The molecule has 0 heterocycles. The molecule has 2 heteroatoms. The van der Waals surface area contributed by atoms with Gasteiger partial charge in [0.2, 0.25) is 0 Å². The first-order valence-electron chi connectivity index (χ1n) is 19.1. The lowest BCUT2D eigenvalue weighted by Gasteiger charge is -2.56. The minimum absolute atomic E-state index is 0.0669. The second-order valence-electron chi connectivity index (χ2n) is 16.0. The van der Waals surface area contributed by atoms with Crippen molar-refractivity contribution in [2.24, 2.45) is 0 Å². The van der Waals surface area contributed by atoms with Gasteiger partial charge in [-0.2, -0.15) is 0 Å². The van der Waals surface area contributed by atoms with E-state index in [0.717, 1.165) is 19.3 Å². The minimum atomic E-state index is -2.94. The Morgan fingerprint density at radius 2 is 0.488 bits per heavy atom. The standard InChI is InChI=1S/C39H81OSi/c1-10-13-16-19-22-25-28-31-34-37(4,5)41(40,38(6,7)35-32-29-26-23-20-17-14-11-2)39(8,9)36-33-30-27-24-21-18-15-12-3/h10-36H2,1-9H3. The van der Waals surface area contributed by atoms with Crippen LogP contribution >= 0.6 is 0 Å². The first-order valence-corrected chi connectivity index (χ1v) is 21.0. The summed E-state index contributed by atoms with van der Waals surface area (Å²) in [6, 6.07) is 0. The van der Waals surface area contributed by atoms with E-state index in [4.69, 9.17) is 0 Å². The maximum Gasteiger partial charge on any atom is 0.254 e. The molecule has 0 saturated heterocycles. The van der Waals surface area contributed by atoms with Gasteiger partial charge >= 0.3 is 0 Å². The van der Waals surface area contributed by atoms with E-state index in [0.29, 0.717) is 0 Å². The number of rotatable bonds is 30. The molecule has 0 N–H and O–H groups in total. The normalized spacial score (nSPS) is 13.3. The van der Waals surface area contributed by atoms with Crippen LogP contribution in [0.15, 0.2) is 0 Å². The Kier molecular flexibility index (Phi) is 23.6. The summed E-state index contributed by atoms with van der Waals surface area (Å²) < 4.78 is 0. The number of hydrogen-bond donors (Lipinski definition) is 0. The average molecular weight is 594 g/mol. The van der Waals surface area contributed by atoms with E-state index >= 15 is 4.80 Å². The fourth-order valence-corrected chi connectivity index (χ4v) is 15.5. The molecule has 0 aliphatic rings. The van der Waals surface area contributed by atoms with E-state index in [9.17, 15) is 0 Å². The Balaban J connectivity index is 5.25. The summed E-state index contributed by atoms with van der Waals surface area (Å²) in [5, 5.41) is -0.201. The molecule has 1 nitrogen and oxygen atoms in total. The first kappa shape index (κ1) is 41.2. The van der Waals surface area contributed by atoms with Crippen molar-refractivity contribution < 1.29 is 4.80 Å². The van der Waals surface area contributed by atoms with Gasteiger partial charge < -0.3 is 0 Å². The molecule has 0 spiro atoms. The molecular weight excluding hydrogens is 513 g/mol. The van der Waals surface area contributed by atoms with Crippen molar-refractivity contribution in [2.45, 2.75) is 251 Å². The summed E-state index contributed by atoms with van der Waals surface area (Å²) in [4.78, 5) is 15.8. The monoisotopic (exact) mass is 594 g/mol. The van der Waals surface area contributed by atoms with E-state index in [2.05, 4.69) is 62.3 Å². The molecule has 0 aromatic heterocycles. The summed E-state index contributed by atoms with van der Waals surface area (Å²) in [6.07, 6.45) is 35.9. The molecule has 0 fully saturated rings. The summed E-state index contributed by atoms with van der Waals surface area (Å²) in [7, 11) is -2.94. The van der Waals surface area contributed by atoms with Crippen LogP contribution in [0.1, 0.15) is 236 Å². The highest BCUT2D eigenvalue weighted by Crippen LogP contribution is 2.66. The van der Waals surface area contributed by atoms with Gasteiger partial charge in [-0.05, 0) is 34.4 Å². The van der Waals surface area contributed by atoms with Gasteiger partial charge in [-0.1, -0.05) is 216 Å². The van der Waals surface area contributed by atoms with Crippen LogP contribution in [0.2, 0.25) is 15.1 Å². The summed E-state index contributed by atoms with van der Waals surface area (Å²) in [5.41, 5.74) is 0. The van der Waals surface area contributed by atoms with Gasteiger partial charge in [-0.25, -0.2) is 0 Å². The fraction of sp³-hybridized carbons (Fsp3) is 1.00. The largest absolute Gasteiger partial charge is 0.296 e. The van der Waals surface area contributed by atoms with Crippen molar-refractivity contribution in [1.82, 2.24) is 0 Å². The van der Waals surface area contributed by atoms with Gasteiger partial charge in [0.25, 0.3) is 8.32 Å². The summed E-state index contributed by atoms with van der Waals surface area (Å²) in [6.45, 7) is 21.4. The van der Waals surface area contributed by atoms with Crippen LogP contribution in [-0.4, -0.2) is 8.32 Å². The van der Waals surface area contributed by atoms with E-state index in [1.165, 1.54) is 154 Å². The highest BCUT2D eigenvalue weighted by molar-refractivity contribution is 6.80. The van der Waals surface area contributed by atoms with Crippen LogP contribution in [0.5, 0.6) is 0 Å². The van der Waals surface area contributed by atoms with Crippen molar-refractivity contribution in [2.75, 3.05) is 0 Å². The maximum atomic E-state index is 15.8. The summed E-state index contributed by atoms with van der Waals surface area (Å²) in [5.74, 6) is 0. The molecule has 0 saturated carbocycles. The third-order valence-corrected chi connectivity index (χ3v) is 17.3. The second-order valence-corrected chi connectivity index (χ2v) is 21.4. The van der Waals surface area contributed by atoms with Gasteiger partial charge in [0.05, 0.1) is 0 Å². The molecule has 1 radical (unpaired) electrons. The molecule has 41 heavy (non-hydrogen) atoms. The Morgan fingerprint density at radius 3 is 0.683 bits per heavy atom. The lowest BCUT2D eigenvalue weighted by Crippen LogP contribution is -2.60. The number of unbranched alkanes of at least 4 members (excludes halogenated alkanes) is 21. The van der Waals surface area contributed by atoms with Gasteiger partial charge in [0.1, 0.15) is 0 Å². The lowest BCUT2D eigenvalue weighted by atomic mass is 9.99. The van der Waals surface area contributed by atoms with E-state index in [1.807, 2.05) is 0 Å². The Hall–Kier alpha value is 0.177. The first-order chi connectivity index (χ1) is 19.4. The highest BCUT2D eigenvalue weighted by atomic mass is 28.4. The molecule has 0 aliphatic carbocycles. The van der Waals surface area contributed by atoms with Gasteiger partial charge in [0.15, 0.2) is 0 Å².